The van der Waals surface area contributed by atoms with E-state index in [9.17, 15) is 0 Å². The van der Waals surface area contributed by atoms with Crippen molar-refractivity contribution in [2.45, 2.75) is 19.3 Å². The zero-order valence-electron chi connectivity index (χ0n) is 12.1. The highest BCUT2D eigenvalue weighted by molar-refractivity contribution is 7.99. The number of nitrogens with two attached hydrogens (primary N) is 1. The molecule has 0 aromatic heterocycles. The van der Waals surface area contributed by atoms with Gasteiger partial charge in [-0.05, 0) is 11.6 Å². The lowest BCUT2D eigenvalue weighted by Crippen LogP contribution is -2.43. The van der Waals surface area contributed by atoms with Crippen LogP contribution in [0, 0.1) is 0 Å². The van der Waals surface area contributed by atoms with Gasteiger partial charge in [-0.3, -0.25) is 4.99 Å². The Morgan fingerprint density at radius 1 is 1.35 bits per heavy atom. The Morgan fingerprint density at radius 2 is 2.00 bits per heavy atom. The average molecular weight is 312 g/mol. The molecule has 1 saturated heterocycles. The number of halogens is 1. The Labute approximate surface area is 130 Å². The molecule has 0 bridgehead atoms. The maximum Gasteiger partial charge on any atom is 0.191 e. The summed E-state index contributed by atoms with van der Waals surface area (Å²) in [7, 11) is 0. The molecule has 2 N–H and O–H groups in total. The molecular weight excluding hydrogens is 290 g/mol. The number of thioether (sulfide) groups is 1. The number of aliphatic imine (C=N–C) groups is 1. The fraction of sp³-hybridized carbons (Fsp3) is 0.533. The third-order valence-electron chi connectivity index (χ3n) is 3.57. The summed E-state index contributed by atoms with van der Waals surface area (Å²) in [5, 5.41) is 0.792. The Morgan fingerprint density at radius 3 is 2.65 bits per heavy atom. The van der Waals surface area contributed by atoms with Crippen molar-refractivity contribution in [2.24, 2.45) is 10.7 Å². The third-order valence-corrected chi connectivity index (χ3v) is 4.85. The Balaban J connectivity index is 2.06. The zero-order valence-corrected chi connectivity index (χ0v) is 13.7. The summed E-state index contributed by atoms with van der Waals surface area (Å²) in [6.07, 6.45) is 0. The topological polar surface area (TPSA) is 41.6 Å². The number of benzene rings is 1. The van der Waals surface area contributed by atoms with Crippen LogP contribution >= 0.6 is 23.4 Å². The van der Waals surface area contributed by atoms with Gasteiger partial charge in [0.15, 0.2) is 5.96 Å². The second-order valence-corrected chi connectivity index (χ2v) is 7.27. The van der Waals surface area contributed by atoms with Crippen LogP contribution in [0.15, 0.2) is 29.3 Å². The van der Waals surface area contributed by atoms with Crippen LogP contribution in [0.1, 0.15) is 19.4 Å². The van der Waals surface area contributed by atoms with Crippen molar-refractivity contribution in [1.29, 1.82) is 0 Å². The molecule has 0 spiro atoms. The molecule has 1 aliphatic heterocycles. The monoisotopic (exact) mass is 311 g/mol. The molecule has 0 amide bonds. The molecular formula is C15H22ClN3S. The number of hydrogen-bond donors (Lipinski definition) is 1. The SMILES string of the molecule is CC(C)(CN=C(N)N1CCSCC1)c1ccccc1Cl. The van der Waals surface area contributed by atoms with Crippen LogP contribution in [0.25, 0.3) is 0 Å². The van der Waals surface area contributed by atoms with Crippen LogP contribution in [0.3, 0.4) is 0 Å². The first-order valence-corrected chi connectivity index (χ1v) is 8.41. The molecule has 1 aromatic rings. The van der Waals surface area contributed by atoms with Crippen LogP contribution in [0.5, 0.6) is 0 Å². The van der Waals surface area contributed by atoms with Crippen molar-refractivity contribution >= 4 is 29.3 Å². The van der Waals surface area contributed by atoms with Crippen molar-refractivity contribution < 1.29 is 0 Å². The van der Waals surface area contributed by atoms with Crippen molar-refractivity contribution in [1.82, 2.24) is 4.90 Å². The maximum absolute atomic E-state index is 6.28. The van der Waals surface area contributed by atoms with Gasteiger partial charge in [0.05, 0.1) is 6.54 Å². The molecule has 20 heavy (non-hydrogen) atoms. The third kappa shape index (κ3) is 3.83. The molecule has 1 fully saturated rings. The smallest absolute Gasteiger partial charge is 0.191 e. The largest absolute Gasteiger partial charge is 0.370 e. The molecule has 2 rings (SSSR count). The van der Waals surface area contributed by atoms with Gasteiger partial charge in [0.2, 0.25) is 0 Å². The summed E-state index contributed by atoms with van der Waals surface area (Å²) in [5.74, 6) is 2.92. The summed E-state index contributed by atoms with van der Waals surface area (Å²) in [5.41, 5.74) is 7.11. The fourth-order valence-electron chi connectivity index (χ4n) is 2.27. The molecule has 0 unspecified atom stereocenters. The molecule has 0 aliphatic carbocycles. The first kappa shape index (κ1) is 15.5. The van der Waals surface area contributed by atoms with Gasteiger partial charge in [0.1, 0.15) is 0 Å². The number of hydrogen-bond acceptors (Lipinski definition) is 2. The summed E-state index contributed by atoms with van der Waals surface area (Å²) >= 11 is 8.25. The van der Waals surface area contributed by atoms with E-state index in [4.69, 9.17) is 17.3 Å². The van der Waals surface area contributed by atoms with Crippen LogP contribution in [0.2, 0.25) is 5.02 Å². The van der Waals surface area contributed by atoms with E-state index >= 15 is 0 Å². The molecule has 0 radical (unpaired) electrons. The first-order valence-electron chi connectivity index (χ1n) is 6.88. The highest BCUT2D eigenvalue weighted by Gasteiger charge is 2.23. The Hall–Kier alpha value is -0.870. The van der Waals surface area contributed by atoms with E-state index in [-0.39, 0.29) is 5.41 Å². The van der Waals surface area contributed by atoms with Crippen molar-refractivity contribution in [3.63, 3.8) is 0 Å². The molecule has 110 valence electrons. The van der Waals surface area contributed by atoms with E-state index in [0.717, 1.165) is 35.2 Å². The normalized spacial score (nSPS) is 17.4. The minimum Gasteiger partial charge on any atom is -0.370 e. The predicted molar refractivity (Wildman–Crippen MR) is 89.9 cm³/mol. The molecule has 0 atom stereocenters. The van der Waals surface area contributed by atoms with Crippen molar-refractivity contribution in [3.05, 3.63) is 34.9 Å². The summed E-state index contributed by atoms with van der Waals surface area (Å²) in [6, 6.07) is 7.95. The molecule has 1 aromatic carbocycles. The lowest BCUT2D eigenvalue weighted by atomic mass is 9.85. The summed E-state index contributed by atoms with van der Waals surface area (Å²) < 4.78 is 0. The zero-order chi connectivity index (χ0) is 14.6. The molecule has 1 aliphatic rings. The second-order valence-electron chi connectivity index (χ2n) is 5.64. The van der Waals surface area contributed by atoms with Crippen LogP contribution in [-0.4, -0.2) is 42.0 Å². The van der Waals surface area contributed by atoms with Crippen LogP contribution in [0.4, 0.5) is 0 Å². The van der Waals surface area contributed by atoms with Gasteiger partial charge < -0.3 is 10.6 Å². The maximum atomic E-state index is 6.28. The van der Waals surface area contributed by atoms with E-state index in [2.05, 4.69) is 29.8 Å². The van der Waals surface area contributed by atoms with Gasteiger partial charge >= 0.3 is 0 Å². The van der Waals surface area contributed by atoms with E-state index in [1.807, 2.05) is 30.0 Å². The molecule has 3 nitrogen and oxygen atoms in total. The lowest BCUT2D eigenvalue weighted by molar-refractivity contribution is 0.449. The minimum absolute atomic E-state index is 0.118. The van der Waals surface area contributed by atoms with E-state index in [1.165, 1.54) is 0 Å². The number of guanidine groups is 1. The highest BCUT2D eigenvalue weighted by atomic mass is 35.5. The van der Waals surface area contributed by atoms with Gasteiger partial charge in [0, 0.05) is 35.0 Å². The summed E-state index contributed by atoms with van der Waals surface area (Å²) in [6.45, 7) is 6.93. The number of nitrogens with zero attached hydrogens (tertiary/aromatic N) is 2. The molecule has 5 heteroatoms. The number of rotatable bonds is 3. The van der Waals surface area contributed by atoms with Gasteiger partial charge in [-0.2, -0.15) is 11.8 Å². The van der Waals surface area contributed by atoms with Gasteiger partial charge in [-0.25, -0.2) is 0 Å². The second kappa shape index (κ2) is 6.72. The minimum atomic E-state index is -0.118. The standard InChI is InChI=1S/C15H22ClN3S/c1-15(2,12-5-3-4-6-13(12)16)11-18-14(17)19-7-9-20-10-8-19/h3-6H,7-11H2,1-2H3,(H2,17,18). The average Bonchev–Trinajstić information content (AvgIpc) is 2.46. The quantitative estimate of drug-likeness (QED) is 0.689. The van der Waals surface area contributed by atoms with E-state index < -0.39 is 0 Å². The Bertz CT molecular complexity index is 482. The van der Waals surface area contributed by atoms with E-state index in [1.54, 1.807) is 0 Å². The fourth-order valence-corrected chi connectivity index (χ4v) is 3.56. The van der Waals surface area contributed by atoms with Crippen molar-refractivity contribution in [2.75, 3.05) is 31.1 Å². The van der Waals surface area contributed by atoms with Crippen molar-refractivity contribution in [3.8, 4) is 0 Å². The van der Waals surface area contributed by atoms with Gasteiger partial charge in [-0.1, -0.05) is 43.6 Å². The van der Waals surface area contributed by atoms with Gasteiger partial charge in [-0.15, -0.1) is 0 Å². The first-order chi connectivity index (χ1) is 9.50. The van der Waals surface area contributed by atoms with Crippen LogP contribution < -0.4 is 5.73 Å². The Kier molecular flexibility index (Phi) is 5.22. The van der Waals surface area contributed by atoms with E-state index in [0.29, 0.717) is 12.5 Å². The lowest BCUT2D eigenvalue weighted by Gasteiger charge is -2.29. The van der Waals surface area contributed by atoms with Gasteiger partial charge in [0.25, 0.3) is 0 Å². The molecule has 0 saturated carbocycles. The highest BCUT2D eigenvalue weighted by Crippen LogP contribution is 2.29. The van der Waals surface area contributed by atoms with Crippen LogP contribution in [-0.2, 0) is 5.41 Å². The summed E-state index contributed by atoms with van der Waals surface area (Å²) in [4.78, 5) is 6.76. The molecule has 1 heterocycles. The predicted octanol–water partition coefficient (Wildman–Crippen LogP) is 2.98.